The van der Waals surface area contributed by atoms with Crippen LogP contribution in [0.1, 0.15) is 27.4 Å². The molecule has 4 aromatic rings. The van der Waals surface area contributed by atoms with E-state index in [1.807, 2.05) is 49.5 Å². The second kappa shape index (κ2) is 12.9. The van der Waals surface area contributed by atoms with Crippen LogP contribution in [0.2, 0.25) is 0 Å². The van der Waals surface area contributed by atoms with Crippen molar-refractivity contribution in [3.8, 4) is 5.69 Å². The summed E-state index contributed by atoms with van der Waals surface area (Å²) in [4.78, 5) is 33.2. The molecule has 2 aliphatic rings. The van der Waals surface area contributed by atoms with Gasteiger partial charge in [0.05, 0.1) is 42.0 Å². The van der Waals surface area contributed by atoms with Crippen molar-refractivity contribution >= 4 is 34.1 Å². The molecule has 13 nitrogen and oxygen atoms in total. The molecule has 2 fully saturated rings. The first-order valence-corrected chi connectivity index (χ1v) is 14.8. The number of hydrogen-bond donors (Lipinski definition) is 2. The molecule has 0 unspecified atom stereocenters. The number of likely N-dealkylation sites (N-methyl/N-ethyl adjacent to an activating group) is 1. The Labute approximate surface area is 250 Å². The largest absolute Gasteiger partial charge is 0.379 e. The quantitative estimate of drug-likeness (QED) is 0.282. The summed E-state index contributed by atoms with van der Waals surface area (Å²) in [5.41, 5.74) is 3.73. The van der Waals surface area contributed by atoms with Gasteiger partial charge in [0.2, 0.25) is 0 Å². The van der Waals surface area contributed by atoms with E-state index in [0.29, 0.717) is 23.6 Å². The number of benzene rings is 2. The zero-order chi connectivity index (χ0) is 29.8. The molecule has 13 heteroatoms. The molecule has 2 amide bonds. The predicted octanol–water partition coefficient (Wildman–Crippen LogP) is 1.61. The Morgan fingerprint density at radius 2 is 1.74 bits per heavy atom. The Morgan fingerprint density at radius 3 is 2.56 bits per heavy atom. The van der Waals surface area contributed by atoms with Gasteiger partial charge in [0, 0.05) is 58.2 Å². The number of carbonyl (C=O) groups is 2. The zero-order valence-corrected chi connectivity index (χ0v) is 24.7. The van der Waals surface area contributed by atoms with E-state index in [-0.39, 0.29) is 17.5 Å². The normalized spacial score (nSPS) is 16.5. The molecule has 2 aromatic heterocycles. The van der Waals surface area contributed by atoms with Gasteiger partial charge in [0.25, 0.3) is 11.8 Å². The van der Waals surface area contributed by atoms with E-state index in [0.717, 1.165) is 82.0 Å². The molecular formula is C30H38N10O3. The number of anilines is 2. The molecule has 4 heterocycles. The number of aryl methyl sites for hydroxylation is 1. The van der Waals surface area contributed by atoms with Crippen molar-refractivity contribution in [1.82, 2.24) is 39.9 Å². The number of rotatable bonds is 9. The molecule has 2 saturated heterocycles. The van der Waals surface area contributed by atoms with E-state index in [9.17, 15) is 9.59 Å². The number of fused-ring (bicyclic) bond motifs is 1. The maximum absolute atomic E-state index is 13.6. The van der Waals surface area contributed by atoms with Gasteiger partial charge in [-0.15, -0.1) is 5.10 Å². The van der Waals surface area contributed by atoms with Crippen LogP contribution in [-0.4, -0.2) is 119 Å². The molecule has 226 valence electrons. The summed E-state index contributed by atoms with van der Waals surface area (Å²) in [6, 6.07) is 13.5. The van der Waals surface area contributed by atoms with Gasteiger partial charge >= 0.3 is 0 Å². The monoisotopic (exact) mass is 586 g/mol. The highest BCUT2D eigenvalue weighted by molar-refractivity contribution is 6.12. The third-order valence-electron chi connectivity index (χ3n) is 8.08. The lowest BCUT2D eigenvalue weighted by Crippen LogP contribution is -2.44. The van der Waals surface area contributed by atoms with Crippen molar-refractivity contribution < 1.29 is 14.3 Å². The highest BCUT2D eigenvalue weighted by atomic mass is 16.5. The van der Waals surface area contributed by atoms with E-state index in [2.05, 4.69) is 47.8 Å². The third kappa shape index (κ3) is 6.53. The van der Waals surface area contributed by atoms with E-state index in [4.69, 9.17) is 4.74 Å². The molecule has 43 heavy (non-hydrogen) atoms. The predicted molar refractivity (Wildman–Crippen MR) is 164 cm³/mol. The Morgan fingerprint density at radius 1 is 0.953 bits per heavy atom. The minimum atomic E-state index is -0.292. The van der Waals surface area contributed by atoms with Gasteiger partial charge in [-0.2, -0.15) is 5.10 Å². The van der Waals surface area contributed by atoms with E-state index >= 15 is 0 Å². The average molecular weight is 587 g/mol. The second-order valence-corrected chi connectivity index (χ2v) is 11.0. The number of nitrogens with zero attached hydrogens (tertiary/aromatic N) is 8. The number of carbonyl (C=O) groups excluding carboxylic acids is 2. The van der Waals surface area contributed by atoms with Crippen LogP contribution in [-0.2, 0) is 11.8 Å². The highest BCUT2D eigenvalue weighted by Crippen LogP contribution is 2.30. The van der Waals surface area contributed by atoms with Crippen LogP contribution in [0.5, 0.6) is 0 Å². The molecule has 0 spiro atoms. The van der Waals surface area contributed by atoms with Gasteiger partial charge in [0.1, 0.15) is 0 Å². The van der Waals surface area contributed by atoms with Gasteiger partial charge in [-0.25, -0.2) is 4.68 Å². The Kier molecular flexibility index (Phi) is 8.63. The molecule has 2 aliphatic heterocycles. The smallest absolute Gasteiger partial charge is 0.276 e. The minimum Gasteiger partial charge on any atom is -0.379 e. The van der Waals surface area contributed by atoms with Gasteiger partial charge in [-0.3, -0.25) is 19.2 Å². The number of aromatic nitrogens is 5. The first-order valence-electron chi connectivity index (χ1n) is 14.8. The minimum absolute atomic E-state index is 0.236. The first kappa shape index (κ1) is 28.8. The fourth-order valence-electron chi connectivity index (χ4n) is 5.57. The Balaban J connectivity index is 1.19. The van der Waals surface area contributed by atoms with Crippen LogP contribution in [0, 0.1) is 0 Å². The fraction of sp³-hybridized carbons (Fsp3) is 0.433. The summed E-state index contributed by atoms with van der Waals surface area (Å²) in [5.74, 6) is -0.557. The maximum atomic E-state index is 13.6. The molecule has 2 N–H and O–H groups in total. The molecule has 0 radical (unpaired) electrons. The summed E-state index contributed by atoms with van der Waals surface area (Å²) in [6.07, 6.45) is 2.46. The van der Waals surface area contributed by atoms with Crippen LogP contribution in [0.3, 0.4) is 0 Å². The molecule has 6 rings (SSSR count). The van der Waals surface area contributed by atoms with Crippen molar-refractivity contribution in [2.24, 2.45) is 7.05 Å². The molecule has 2 aromatic carbocycles. The van der Waals surface area contributed by atoms with Crippen LogP contribution in [0.4, 0.5) is 11.4 Å². The number of hydrogen-bond acceptors (Lipinski definition) is 9. The molecular weight excluding hydrogens is 548 g/mol. The highest BCUT2D eigenvalue weighted by Gasteiger charge is 2.22. The molecule has 0 aliphatic carbocycles. The number of ether oxygens (including phenoxy) is 1. The van der Waals surface area contributed by atoms with E-state index in [1.54, 1.807) is 15.6 Å². The zero-order valence-electron chi connectivity index (χ0n) is 24.7. The number of para-hydroxylation sites is 1. The van der Waals surface area contributed by atoms with Gasteiger partial charge in [-0.05, 0) is 44.3 Å². The van der Waals surface area contributed by atoms with Gasteiger partial charge < -0.3 is 25.2 Å². The maximum Gasteiger partial charge on any atom is 0.276 e. The summed E-state index contributed by atoms with van der Waals surface area (Å²) in [5, 5.41) is 19.7. The topological polar surface area (TPSA) is 126 Å². The number of nitrogens with one attached hydrogen (secondary N) is 2. The summed E-state index contributed by atoms with van der Waals surface area (Å²) in [7, 11) is 3.94. The van der Waals surface area contributed by atoms with Crippen LogP contribution < -0.4 is 15.5 Å². The van der Waals surface area contributed by atoms with Crippen LogP contribution >= 0.6 is 0 Å². The molecule has 0 saturated carbocycles. The summed E-state index contributed by atoms with van der Waals surface area (Å²) >= 11 is 0. The summed E-state index contributed by atoms with van der Waals surface area (Å²) < 4.78 is 8.66. The SMILES string of the molecule is CN1CCN(c2ccc(-n3cc(C(=O)NCCCN4CCOCC4)nn3)cc2NC(=O)c2nn(C)c3ccccc23)CC1. The third-order valence-corrected chi connectivity index (χ3v) is 8.08. The van der Waals surface area contributed by atoms with Crippen LogP contribution in [0.15, 0.2) is 48.7 Å². The average Bonchev–Trinajstić information content (AvgIpc) is 3.66. The fourth-order valence-corrected chi connectivity index (χ4v) is 5.57. The second-order valence-electron chi connectivity index (χ2n) is 11.0. The standard InChI is InChI=1S/C30H38N10O3/c1-36-12-14-39(15-13-36)27-9-8-22(20-24(27)32-30(42)28-23-6-3-4-7-26(23)37(2)34-28)40-21-25(33-35-40)29(41)31-10-5-11-38-16-18-43-19-17-38/h3-4,6-9,20-21H,5,10-19H2,1-2H3,(H,31,41)(H,32,42). The Bertz CT molecular complexity index is 1580. The van der Waals surface area contributed by atoms with Crippen molar-refractivity contribution in [3.63, 3.8) is 0 Å². The number of morpholine rings is 1. The van der Waals surface area contributed by atoms with Gasteiger partial charge in [0.15, 0.2) is 11.4 Å². The van der Waals surface area contributed by atoms with E-state index < -0.39 is 0 Å². The van der Waals surface area contributed by atoms with Crippen molar-refractivity contribution in [3.05, 3.63) is 60.0 Å². The number of amides is 2. The first-order chi connectivity index (χ1) is 21.0. The van der Waals surface area contributed by atoms with Gasteiger partial charge in [-0.1, -0.05) is 23.4 Å². The summed E-state index contributed by atoms with van der Waals surface area (Å²) in [6.45, 7) is 8.37. The lowest BCUT2D eigenvalue weighted by atomic mass is 10.1. The lowest BCUT2D eigenvalue weighted by molar-refractivity contribution is 0.0374. The lowest BCUT2D eigenvalue weighted by Gasteiger charge is -2.35. The molecule has 0 bridgehead atoms. The molecule has 0 atom stereocenters. The van der Waals surface area contributed by atoms with Crippen molar-refractivity contribution in [2.75, 3.05) is 82.8 Å². The Hall–Kier alpha value is -4.33. The van der Waals surface area contributed by atoms with Crippen molar-refractivity contribution in [1.29, 1.82) is 0 Å². The number of piperazine rings is 1. The van der Waals surface area contributed by atoms with Crippen LogP contribution in [0.25, 0.3) is 16.6 Å². The van der Waals surface area contributed by atoms with Crippen molar-refractivity contribution in [2.45, 2.75) is 6.42 Å². The van der Waals surface area contributed by atoms with E-state index in [1.165, 1.54) is 0 Å².